The van der Waals surface area contributed by atoms with Gasteiger partial charge in [-0.25, -0.2) is 0 Å². The van der Waals surface area contributed by atoms with Gasteiger partial charge in [-0.05, 0) is 38.4 Å². The van der Waals surface area contributed by atoms with Crippen molar-refractivity contribution in [2.75, 3.05) is 6.54 Å². The fourth-order valence-electron chi connectivity index (χ4n) is 1.13. The van der Waals surface area contributed by atoms with Crippen molar-refractivity contribution in [3.05, 3.63) is 30.1 Å². The third kappa shape index (κ3) is 4.94. The first-order chi connectivity index (χ1) is 6.58. The maximum Gasteiger partial charge on any atom is 0.0603 e. The van der Waals surface area contributed by atoms with E-state index in [1.165, 1.54) is 5.56 Å². The molecule has 0 radical (unpaired) electrons. The first kappa shape index (κ1) is 11.1. The van der Waals surface area contributed by atoms with Crippen molar-refractivity contribution in [2.45, 2.75) is 32.4 Å². The standard InChI is InChI=1S/C11H18N2O/c1-11(2,14)5-7-13-9-10-4-3-6-12-8-10/h3-4,6,8,13-14H,5,7,9H2,1-2H3. The fraction of sp³-hybridized carbons (Fsp3) is 0.545. The Morgan fingerprint density at radius 1 is 1.50 bits per heavy atom. The van der Waals surface area contributed by atoms with Crippen LogP contribution in [0.2, 0.25) is 0 Å². The van der Waals surface area contributed by atoms with Crippen molar-refractivity contribution in [2.24, 2.45) is 0 Å². The van der Waals surface area contributed by atoms with Crippen LogP contribution in [0.15, 0.2) is 24.5 Å². The lowest BCUT2D eigenvalue weighted by Gasteiger charge is -2.16. The van der Waals surface area contributed by atoms with E-state index in [1.54, 1.807) is 6.20 Å². The normalized spacial score (nSPS) is 11.6. The summed E-state index contributed by atoms with van der Waals surface area (Å²) < 4.78 is 0. The number of aromatic nitrogens is 1. The van der Waals surface area contributed by atoms with Crippen LogP contribution in [0.25, 0.3) is 0 Å². The lowest BCUT2D eigenvalue weighted by Crippen LogP contribution is -2.26. The lowest BCUT2D eigenvalue weighted by atomic mass is 10.1. The van der Waals surface area contributed by atoms with Gasteiger partial charge >= 0.3 is 0 Å². The van der Waals surface area contributed by atoms with Crippen LogP contribution in [0.4, 0.5) is 0 Å². The van der Waals surface area contributed by atoms with Crippen LogP contribution in [0.5, 0.6) is 0 Å². The zero-order valence-corrected chi connectivity index (χ0v) is 8.83. The Morgan fingerprint density at radius 3 is 2.86 bits per heavy atom. The molecule has 0 atom stereocenters. The molecule has 2 N–H and O–H groups in total. The molecule has 3 nitrogen and oxygen atoms in total. The van der Waals surface area contributed by atoms with Crippen molar-refractivity contribution in [3.63, 3.8) is 0 Å². The second kappa shape index (κ2) is 5.08. The average molecular weight is 194 g/mol. The van der Waals surface area contributed by atoms with E-state index in [9.17, 15) is 5.11 Å². The number of hydrogen-bond acceptors (Lipinski definition) is 3. The predicted octanol–water partition coefficient (Wildman–Crippen LogP) is 1.33. The first-order valence-corrected chi connectivity index (χ1v) is 4.90. The van der Waals surface area contributed by atoms with Gasteiger partial charge in [-0.3, -0.25) is 4.98 Å². The van der Waals surface area contributed by atoms with E-state index in [1.807, 2.05) is 32.2 Å². The number of hydrogen-bond donors (Lipinski definition) is 2. The summed E-state index contributed by atoms with van der Waals surface area (Å²) in [6.45, 7) is 5.26. The third-order valence-corrected chi connectivity index (χ3v) is 1.97. The van der Waals surface area contributed by atoms with Gasteiger partial charge in [0.05, 0.1) is 5.60 Å². The Labute approximate surface area is 85.2 Å². The zero-order valence-electron chi connectivity index (χ0n) is 8.83. The molecule has 3 heteroatoms. The Morgan fingerprint density at radius 2 is 2.29 bits per heavy atom. The van der Waals surface area contributed by atoms with Crippen molar-refractivity contribution >= 4 is 0 Å². The Bertz CT molecular complexity index is 254. The number of rotatable bonds is 5. The van der Waals surface area contributed by atoms with E-state index in [0.29, 0.717) is 0 Å². The highest BCUT2D eigenvalue weighted by molar-refractivity contribution is 5.07. The molecule has 0 saturated carbocycles. The molecule has 0 spiro atoms. The van der Waals surface area contributed by atoms with Crippen molar-refractivity contribution in [3.8, 4) is 0 Å². The molecule has 1 heterocycles. The molecule has 78 valence electrons. The maximum atomic E-state index is 9.46. The summed E-state index contributed by atoms with van der Waals surface area (Å²) in [5.74, 6) is 0. The van der Waals surface area contributed by atoms with E-state index >= 15 is 0 Å². The molecule has 0 aliphatic carbocycles. The second-order valence-electron chi connectivity index (χ2n) is 4.10. The number of aliphatic hydroxyl groups is 1. The monoisotopic (exact) mass is 194 g/mol. The maximum absolute atomic E-state index is 9.46. The van der Waals surface area contributed by atoms with Crippen LogP contribution >= 0.6 is 0 Å². The van der Waals surface area contributed by atoms with E-state index in [2.05, 4.69) is 10.3 Å². The quantitative estimate of drug-likeness (QED) is 0.695. The van der Waals surface area contributed by atoms with Gasteiger partial charge in [0.25, 0.3) is 0 Å². The fourth-order valence-corrected chi connectivity index (χ4v) is 1.13. The second-order valence-corrected chi connectivity index (χ2v) is 4.10. The number of nitrogens with one attached hydrogen (secondary N) is 1. The molecular formula is C11H18N2O. The number of pyridine rings is 1. The minimum atomic E-state index is -0.581. The van der Waals surface area contributed by atoms with Crippen LogP contribution in [0, 0.1) is 0 Å². The van der Waals surface area contributed by atoms with E-state index in [0.717, 1.165) is 19.5 Å². The lowest BCUT2D eigenvalue weighted by molar-refractivity contribution is 0.0711. The highest BCUT2D eigenvalue weighted by Gasteiger charge is 2.10. The Hall–Kier alpha value is -0.930. The smallest absolute Gasteiger partial charge is 0.0603 e. The average Bonchev–Trinajstić information content (AvgIpc) is 2.13. The molecule has 0 bridgehead atoms. The van der Waals surface area contributed by atoms with E-state index in [4.69, 9.17) is 0 Å². The molecule has 1 rings (SSSR count). The van der Waals surface area contributed by atoms with Gasteiger partial charge in [0, 0.05) is 18.9 Å². The molecule has 0 amide bonds. The molecule has 1 aromatic heterocycles. The summed E-state index contributed by atoms with van der Waals surface area (Å²) in [4.78, 5) is 4.02. The van der Waals surface area contributed by atoms with Crippen LogP contribution < -0.4 is 5.32 Å². The summed E-state index contributed by atoms with van der Waals surface area (Å²) in [7, 11) is 0. The van der Waals surface area contributed by atoms with Crippen LogP contribution in [-0.4, -0.2) is 22.2 Å². The predicted molar refractivity (Wildman–Crippen MR) is 56.9 cm³/mol. The van der Waals surface area contributed by atoms with Crippen molar-refractivity contribution < 1.29 is 5.11 Å². The highest BCUT2D eigenvalue weighted by Crippen LogP contribution is 2.05. The molecule has 0 aliphatic heterocycles. The minimum absolute atomic E-state index is 0.581. The Kier molecular flexibility index (Phi) is 4.04. The zero-order chi connectivity index (χ0) is 10.4. The molecule has 0 aliphatic rings. The molecule has 0 unspecified atom stereocenters. The molecule has 1 aromatic rings. The molecule has 0 saturated heterocycles. The summed E-state index contributed by atoms with van der Waals surface area (Å²) in [6, 6.07) is 3.96. The minimum Gasteiger partial charge on any atom is -0.390 e. The topological polar surface area (TPSA) is 45.1 Å². The summed E-state index contributed by atoms with van der Waals surface area (Å²) >= 11 is 0. The SMILES string of the molecule is CC(C)(O)CCNCc1cccnc1. The third-order valence-electron chi connectivity index (χ3n) is 1.97. The summed E-state index contributed by atoms with van der Waals surface area (Å²) in [6.07, 6.45) is 4.37. The first-order valence-electron chi connectivity index (χ1n) is 4.90. The van der Waals surface area contributed by atoms with Gasteiger partial charge in [0.2, 0.25) is 0 Å². The van der Waals surface area contributed by atoms with Crippen molar-refractivity contribution in [1.29, 1.82) is 0 Å². The molecular weight excluding hydrogens is 176 g/mol. The van der Waals surface area contributed by atoms with E-state index < -0.39 is 5.60 Å². The van der Waals surface area contributed by atoms with Gasteiger partial charge in [-0.1, -0.05) is 6.07 Å². The van der Waals surface area contributed by atoms with E-state index in [-0.39, 0.29) is 0 Å². The molecule has 0 aromatic carbocycles. The van der Waals surface area contributed by atoms with Gasteiger partial charge in [-0.2, -0.15) is 0 Å². The number of nitrogens with zero attached hydrogens (tertiary/aromatic N) is 1. The summed E-state index contributed by atoms with van der Waals surface area (Å²) in [5.41, 5.74) is 0.588. The van der Waals surface area contributed by atoms with Crippen LogP contribution in [0.1, 0.15) is 25.8 Å². The van der Waals surface area contributed by atoms with Gasteiger partial charge < -0.3 is 10.4 Å². The molecule has 0 fully saturated rings. The van der Waals surface area contributed by atoms with Gasteiger partial charge in [0.1, 0.15) is 0 Å². The molecule has 14 heavy (non-hydrogen) atoms. The highest BCUT2D eigenvalue weighted by atomic mass is 16.3. The van der Waals surface area contributed by atoms with Gasteiger partial charge in [-0.15, -0.1) is 0 Å². The van der Waals surface area contributed by atoms with Gasteiger partial charge in [0.15, 0.2) is 0 Å². The largest absolute Gasteiger partial charge is 0.390 e. The summed E-state index contributed by atoms with van der Waals surface area (Å²) in [5, 5.41) is 12.7. The van der Waals surface area contributed by atoms with Crippen LogP contribution in [-0.2, 0) is 6.54 Å². The van der Waals surface area contributed by atoms with Crippen LogP contribution in [0.3, 0.4) is 0 Å². The van der Waals surface area contributed by atoms with Crippen molar-refractivity contribution in [1.82, 2.24) is 10.3 Å². The Balaban J connectivity index is 2.17.